The average molecular weight is 265 g/mol. The maximum absolute atomic E-state index is 10.1. The predicted octanol–water partition coefficient (Wildman–Crippen LogP) is -2.05. The lowest BCUT2D eigenvalue weighted by Gasteiger charge is -2.16. The van der Waals surface area contributed by atoms with Gasteiger partial charge in [0.25, 0.3) is 0 Å². The summed E-state index contributed by atoms with van der Waals surface area (Å²) in [6, 6.07) is -0.549. The Balaban J connectivity index is 2.04. The summed E-state index contributed by atoms with van der Waals surface area (Å²) in [4.78, 5) is 12.1. The highest BCUT2D eigenvalue weighted by Gasteiger charge is 2.42. The molecule has 0 aliphatic carbocycles. The maximum Gasteiger partial charge on any atom is 0.167 e. The van der Waals surface area contributed by atoms with Crippen molar-refractivity contribution >= 4 is 17.0 Å². The first-order chi connectivity index (χ1) is 9.13. The minimum atomic E-state index is -0.887. The van der Waals surface area contributed by atoms with Crippen molar-refractivity contribution in [2.75, 3.05) is 12.3 Å². The minimum Gasteiger partial charge on any atom is -0.387 e. The average Bonchev–Trinajstić information content (AvgIpc) is 2.94. The van der Waals surface area contributed by atoms with E-state index in [2.05, 4.69) is 15.0 Å². The third-order valence-corrected chi connectivity index (χ3v) is 3.32. The molecule has 0 spiro atoms. The van der Waals surface area contributed by atoms with Gasteiger partial charge in [-0.3, -0.25) is 4.57 Å². The van der Waals surface area contributed by atoms with Crippen molar-refractivity contribution in [3.05, 3.63) is 12.7 Å². The van der Waals surface area contributed by atoms with Gasteiger partial charge in [-0.05, 0) is 0 Å². The van der Waals surface area contributed by atoms with Crippen LogP contribution in [0.2, 0.25) is 0 Å². The first-order valence-electron chi connectivity index (χ1n) is 5.85. The lowest BCUT2D eigenvalue weighted by Crippen LogP contribution is -2.42. The molecule has 1 aliphatic rings. The number of anilines is 1. The summed E-state index contributed by atoms with van der Waals surface area (Å²) < 4.78 is 7.24. The van der Waals surface area contributed by atoms with Crippen LogP contribution in [-0.2, 0) is 4.74 Å². The number of imidazole rings is 1. The third-order valence-electron chi connectivity index (χ3n) is 3.32. The van der Waals surface area contributed by atoms with Gasteiger partial charge in [0, 0.05) is 6.54 Å². The molecule has 4 atom stereocenters. The zero-order valence-electron chi connectivity index (χ0n) is 10.0. The number of fused-ring (bicyclic) bond motifs is 1. The van der Waals surface area contributed by atoms with E-state index < -0.39 is 24.5 Å². The number of aliphatic hydroxyl groups excluding tert-OH is 1. The van der Waals surface area contributed by atoms with Crippen molar-refractivity contribution in [3.63, 3.8) is 0 Å². The highest BCUT2D eigenvalue weighted by Crippen LogP contribution is 2.30. The van der Waals surface area contributed by atoms with Gasteiger partial charge in [0.05, 0.1) is 18.5 Å². The Hall–Kier alpha value is -1.81. The molecule has 19 heavy (non-hydrogen) atoms. The molecule has 1 saturated heterocycles. The third kappa shape index (κ3) is 1.75. The number of rotatable bonds is 2. The molecule has 1 fully saturated rings. The van der Waals surface area contributed by atoms with Crippen LogP contribution in [0.15, 0.2) is 12.7 Å². The van der Waals surface area contributed by atoms with Crippen LogP contribution in [0.3, 0.4) is 0 Å². The standard InChI is InChI=1S/C10H15N7O2/c11-1-4-5(12)7(18)10(19-4)17-3-16-6-8(13)14-2-15-9(6)17/h2-5,7,10,18H,1,11-12H2,(H2,13,14,15)/t4-,5?,7?,10-/m1/s1. The summed E-state index contributed by atoms with van der Waals surface area (Å²) in [7, 11) is 0. The fourth-order valence-electron chi connectivity index (χ4n) is 2.26. The van der Waals surface area contributed by atoms with Crippen LogP contribution in [0.5, 0.6) is 0 Å². The van der Waals surface area contributed by atoms with Crippen LogP contribution in [0.1, 0.15) is 6.23 Å². The van der Waals surface area contributed by atoms with Crippen LogP contribution in [0.25, 0.3) is 11.2 Å². The summed E-state index contributed by atoms with van der Waals surface area (Å²) in [5, 5.41) is 10.1. The number of hydrogen-bond donors (Lipinski definition) is 4. The van der Waals surface area contributed by atoms with Gasteiger partial charge in [0.1, 0.15) is 17.9 Å². The van der Waals surface area contributed by atoms with Crippen LogP contribution in [0.4, 0.5) is 5.82 Å². The summed E-state index contributed by atoms with van der Waals surface area (Å²) in [5.41, 5.74) is 18.1. The quantitative estimate of drug-likeness (QED) is 0.484. The van der Waals surface area contributed by atoms with Crippen molar-refractivity contribution in [2.24, 2.45) is 11.5 Å². The molecule has 102 valence electrons. The second-order valence-electron chi connectivity index (χ2n) is 4.45. The lowest BCUT2D eigenvalue weighted by molar-refractivity contribution is -0.0321. The Morgan fingerprint density at radius 1 is 1.37 bits per heavy atom. The molecule has 0 aromatic carbocycles. The SMILES string of the molecule is NC[C@H]1O[C@@H](n2cnc3c(N)ncnc32)C(O)C1N. The zero-order valence-corrected chi connectivity index (χ0v) is 10.0. The number of nitrogen functional groups attached to an aromatic ring is 1. The molecule has 2 unspecified atom stereocenters. The van der Waals surface area contributed by atoms with Crippen molar-refractivity contribution < 1.29 is 9.84 Å². The topological polar surface area (TPSA) is 151 Å². The highest BCUT2D eigenvalue weighted by atomic mass is 16.5. The van der Waals surface area contributed by atoms with Crippen molar-refractivity contribution in [1.82, 2.24) is 19.5 Å². The van der Waals surface area contributed by atoms with E-state index in [0.29, 0.717) is 11.2 Å². The molecule has 2 aromatic rings. The molecule has 0 bridgehead atoms. The molecule has 7 N–H and O–H groups in total. The smallest absolute Gasteiger partial charge is 0.167 e. The van der Waals surface area contributed by atoms with Crippen LogP contribution < -0.4 is 17.2 Å². The fourth-order valence-corrected chi connectivity index (χ4v) is 2.26. The van der Waals surface area contributed by atoms with Gasteiger partial charge in [-0.25, -0.2) is 15.0 Å². The summed E-state index contributed by atoms with van der Waals surface area (Å²) in [6.45, 7) is 0.235. The van der Waals surface area contributed by atoms with Gasteiger partial charge in [0.2, 0.25) is 0 Å². The van der Waals surface area contributed by atoms with Crippen LogP contribution in [0, 0.1) is 0 Å². The van der Waals surface area contributed by atoms with Crippen molar-refractivity contribution in [2.45, 2.75) is 24.5 Å². The van der Waals surface area contributed by atoms with E-state index in [4.69, 9.17) is 21.9 Å². The minimum absolute atomic E-state index is 0.235. The molecule has 1 aliphatic heterocycles. The second-order valence-corrected chi connectivity index (χ2v) is 4.45. The molecule has 3 heterocycles. The van der Waals surface area contributed by atoms with Crippen LogP contribution in [-0.4, -0.2) is 49.4 Å². The largest absolute Gasteiger partial charge is 0.387 e. The van der Waals surface area contributed by atoms with E-state index in [1.807, 2.05) is 0 Å². The lowest BCUT2D eigenvalue weighted by atomic mass is 10.1. The van der Waals surface area contributed by atoms with E-state index in [1.165, 1.54) is 12.7 Å². The predicted molar refractivity (Wildman–Crippen MR) is 66.7 cm³/mol. The number of ether oxygens (including phenoxy) is 1. The number of aromatic nitrogens is 4. The Bertz CT molecular complexity index is 601. The summed E-state index contributed by atoms with van der Waals surface area (Å²) in [5.74, 6) is 0.274. The summed E-state index contributed by atoms with van der Waals surface area (Å²) in [6.07, 6.45) is 0.855. The van der Waals surface area contributed by atoms with Gasteiger partial charge in [-0.15, -0.1) is 0 Å². The Morgan fingerprint density at radius 2 is 2.16 bits per heavy atom. The molecule has 0 radical (unpaired) electrons. The Kier molecular flexibility index (Phi) is 2.82. The molecule has 0 saturated carbocycles. The maximum atomic E-state index is 10.1. The van der Waals surface area contributed by atoms with Gasteiger partial charge in [-0.1, -0.05) is 0 Å². The van der Waals surface area contributed by atoms with E-state index in [-0.39, 0.29) is 12.4 Å². The van der Waals surface area contributed by atoms with Gasteiger partial charge >= 0.3 is 0 Å². The fraction of sp³-hybridized carbons (Fsp3) is 0.500. The Morgan fingerprint density at radius 3 is 2.84 bits per heavy atom. The molecule has 9 nitrogen and oxygen atoms in total. The number of hydrogen-bond acceptors (Lipinski definition) is 8. The van der Waals surface area contributed by atoms with Crippen molar-refractivity contribution in [1.29, 1.82) is 0 Å². The normalized spacial score (nSPS) is 31.1. The Labute approximate surface area is 108 Å². The monoisotopic (exact) mass is 265 g/mol. The summed E-state index contributed by atoms with van der Waals surface area (Å²) >= 11 is 0. The number of nitrogens with zero attached hydrogens (tertiary/aromatic N) is 4. The van der Waals surface area contributed by atoms with Gasteiger partial charge in [0.15, 0.2) is 17.7 Å². The van der Waals surface area contributed by atoms with Crippen LogP contribution >= 0.6 is 0 Å². The van der Waals surface area contributed by atoms with Gasteiger partial charge < -0.3 is 27.0 Å². The second kappa shape index (κ2) is 4.38. The molecular weight excluding hydrogens is 250 g/mol. The van der Waals surface area contributed by atoms with E-state index in [9.17, 15) is 5.11 Å². The molecule has 0 amide bonds. The molecule has 2 aromatic heterocycles. The van der Waals surface area contributed by atoms with E-state index in [0.717, 1.165) is 0 Å². The van der Waals surface area contributed by atoms with E-state index in [1.54, 1.807) is 4.57 Å². The molecular formula is C10H15N7O2. The first-order valence-corrected chi connectivity index (χ1v) is 5.85. The zero-order chi connectivity index (χ0) is 13.6. The number of nitrogens with two attached hydrogens (primary N) is 3. The first kappa shape index (κ1) is 12.2. The molecule has 3 rings (SSSR count). The molecule has 9 heteroatoms. The van der Waals surface area contributed by atoms with E-state index >= 15 is 0 Å². The van der Waals surface area contributed by atoms with Gasteiger partial charge in [-0.2, -0.15) is 0 Å². The highest BCUT2D eigenvalue weighted by molar-refractivity contribution is 5.81. The van der Waals surface area contributed by atoms with Crippen molar-refractivity contribution in [3.8, 4) is 0 Å². The number of aliphatic hydroxyl groups is 1.